The zero-order valence-corrected chi connectivity index (χ0v) is 18.8. The van der Waals surface area contributed by atoms with Gasteiger partial charge in [-0.05, 0) is 36.0 Å². The van der Waals surface area contributed by atoms with Gasteiger partial charge in [0.15, 0.2) is 5.82 Å². The van der Waals surface area contributed by atoms with Gasteiger partial charge in [-0.25, -0.2) is 21.3 Å². The average molecular weight is 588 g/mol. The number of hydrogen-bond acceptors (Lipinski definition) is 4. The Morgan fingerprint density at radius 2 is 1.77 bits per heavy atom. The first-order valence-electron chi connectivity index (χ1n) is 9.19. The molecule has 0 atom stereocenters. The van der Waals surface area contributed by atoms with Crippen LogP contribution in [0.15, 0.2) is 96.6 Å². The third-order valence-electron chi connectivity index (χ3n) is 4.44. The predicted molar refractivity (Wildman–Crippen MR) is 117 cm³/mol. The van der Waals surface area contributed by atoms with Gasteiger partial charge in [-0.2, -0.15) is 34.2 Å². The molecule has 0 N–H and O–H groups in total. The Kier molecular flexibility index (Phi) is 6.22. The zero-order chi connectivity index (χ0) is 19.5. The summed E-state index contributed by atoms with van der Waals surface area (Å²) in [6.07, 6.45) is 3.64. The maximum Gasteiger partial charge on any atom is 2.00 e. The van der Waals surface area contributed by atoms with Crippen molar-refractivity contribution in [3.63, 3.8) is 0 Å². The van der Waals surface area contributed by atoms with Crippen LogP contribution in [0.25, 0.3) is 16.3 Å². The number of para-hydroxylation sites is 1. The van der Waals surface area contributed by atoms with Gasteiger partial charge in [0.2, 0.25) is 0 Å². The number of rotatable bonds is 5. The quantitative estimate of drug-likeness (QED) is 0.235. The van der Waals surface area contributed by atoms with Crippen LogP contribution in [0.5, 0.6) is 0 Å². The molecule has 0 aliphatic carbocycles. The summed E-state index contributed by atoms with van der Waals surface area (Å²) in [5.41, 5.74) is 2.95. The third-order valence-corrected chi connectivity index (χ3v) is 5.28. The van der Waals surface area contributed by atoms with E-state index >= 15 is 0 Å². The Labute approximate surface area is 193 Å². The summed E-state index contributed by atoms with van der Waals surface area (Å²) in [4.78, 5) is 8.03. The Bertz CT molecular complexity index is 1130. The van der Waals surface area contributed by atoms with Crippen LogP contribution in [0.1, 0.15) is 0 Å². The standard InChI is InChI=1S/C24H16N4S.Pt/c1-2-9-20(10-3-1)28(21-11-4-8-19(18-21)22-12-6-17-29-22)24-14-5-13-23(26-24)27-16-7-15-25-27;/h1-11,13-17H;/q-2;+2. The molecule has 4 nitrogen and oxygen atoms in total. The Morgan fingerprint density at radius 3 is 2.53 bits per heavy atom. The van der Waals surface area contributed by atoms with Gasteiger partial charge in [0, 0.05) is 18.1 Å². The van der Waals surface area contributed by atoms with E-state index < -0.39 is 0 Å². The van der Waals surface area contributed by atoms with Crippen LogP contribution >= 0.6 is 11.3 Å². The minimum Gasteiger partial charge on any atom is -0.314 e. The normalized spacial score (nSPS) is 10.4. The molecule has 6 heteroatoms. The van der Waals surface area contributed by atoms with Gasteiger partial charge in [0.05, 0.1) is 0 Å². The largest absolute Gasteiger partial charge is 2.00 e. The van der Waals surface area contributed by atoms with E-state index in [1.165, 1.54) is 0 Å². The Hall–Kier alpha value is -3.01. The van der Waals surface area contributed by atoms with Gasteiger partial charge < -0.3 is 4.90 Å². The number of nitrogens with zero attached hydrogens (tertiary/aromatic N) is 4. The number of benzene rings is 2. The molecule has 0 aliphatic heterocycles. The number of hydrogen-bond donors (Lipinski definition) is 0. The van der Waals surface area contributed by atoms with Gasteiger partial charge in [-0.15, -0.1) is 11.4 Å². The first-order chi connectivity index (χ1) is 14.4. The molecule has 0 bridgehead atoms. The molecule has 5 aromatic rings. The second-order valence-corrected chi connectivity index (χ2v) is 7.24. The van der Waals surface area contributed by atoms with Crippen molar-refractivity contribution in [3.8, 4) is 16.3 Å². The molecule has 0 spiro atoms. The van der Waals surface area contributed by atoms with Crippen LogP contribution in [0.4, 0.5) is 17.2 Å². The van der Waals surface area contributed by atoms with Gasteiger partial charge in [-0.3, -0.25) is 11.3 Å². The summed E-state index contributed by atoms with van der Waals surface area (Å²) in [7, 11) is 0. The van der Waals surface area contributed by atoms with E-state index in [9.17, 15) is 0 Å². The van der Waals surface area contributed by atoms with Crippen LogP contribution in [-0.2, 0) is 21.1 Å². The summed E-state index contributed by atoms with van der Waals surface area (Å²) in [5, 5.41) is 6.33. The molecule has 0 radical (unpaired) electrons. The summed E-state index contributed by atoms with van der Waals surface area (Å²) in [6, 6.07) is 32.9. The van der Waals surface area contributed by atoms with Gasteiger partial charge in [-0.1, -0.05) is 24.3 Å². The summed E-state index contributed by atoms with van der Waals surface area (Å²) in [6.45, 7) is 0. The molecular weight excluding hydrogens is 571 g/mol. The first kappa shape index (κ1) is 20.3. The van der Waals surface area contributed by atoms with Crippen LogP contribution < -0.4 is 4.90 Å². The van der Waals surface area contributed by atoms with Gasteiger partial charge in [0.1, 0.15) is 5.82 Å². The summed E-state index contributed by atoms with van der Waals surface area (Å²) < 4.78 is 1.76. The summed E-state index contributed by atoms with van der Waals surface area (Å²) in [5.74, 6) is 1.56. The maximum absolute atomic E-state index is 4.86. The molecule has 2 aromatic carbocycles. The molecule has 0 unspecified atom stereocenters. The maximum atomic E-state index is 4.86. The van der Waals surface area contributed by atoms with Crippen molar-refractivity contribution >= 4 is 28.5 Å². The fourth-order valence-electron chi connectivity index (χ4n) is 3.15. The number of thiophene rings is 1. The molecule has 0 saturated heterocycles. The molecule has 0 aliphatic rings. The Morgan fingerprint density at radius 1 is 0.900 bits per heavy atom. The molecule has 3 heterocycles. The molecular formula is C24H16N4PtS. The third kappa shape index (κ3) is 4.13. The van der Waals surface area contributed by atoms with Crippen LogP contribution in [0.3, 0.4) is 0 Å². The average Bonchev–Trinajstić information content (AvgIpc) is 3.50. The van der Waals surface area contributed by atoms with Crippen molar-refractivity contribution in [1.29, 1.82) is 0 Å². The SMILES string of the molecule is [Pt+2].[c-]1c(-c2[c-]ccs2)cccc1N(c1ccccc1)c1cccc(-n2cccn2)n1. The van der Waals surface area contributed by atoms with Crippen molar-refractivity contribution < 1.29 is 21.1 Å². The number of pyridine rings is 1. The predicted octanol–water partition coefficient (Wildman–Crippen LogP) is 6.06. The second-order valence-electron chi connectivity index (χ2n) is 6.32. The molecule has 30 heavy (non-hydrogen) atoms. The summed E-state index contributed by atoms with van der Waals surface area (Å²) >= 11 is 1.66. The van der Waals surface area contributed by atoms with E-state index in [4.69, 9.17) is 4.98 Å². The molecule has 0 fully saturated rings. The number of aromatic nitrogens is 3. The Balaban J connectivity index is 0.00000218. The van der Waals surface area contributed by atoms with E-state index in [1.54, 1.807) is 22.2 Å². The van der Waals surface area contributed by atoms with Gasteiger partial charge in [0.25, 0.3) is 0 Å². The van der Waals surface area contributed by atoms with E-state index in [0.717, 1.165) is 33.5 Å². The van der Waals surface area contributed by atoms with Crippen molar-refractivity contribution in [2.45, 2.75) is 0 Å². The van der Waals surface area contributed by atoms with E-state index in [2.05, 4.69) is 40.3 Å². The van der Waals surface area contributed by atoms with Crippen LogP contribution in [-0.4, -0.2) is 14.8 Å². The first-order valence-corrected chi connectivity index (χ1v) is 10.1. The minimum atomic E-state index is 0. The van der Waals surface area contributed by atoms with Gasteiger partial charge >= 0.3 is 21.1 Å². The fraction of sp³-hybridized carbons (Fsp3) is 0. The fourth-order valence-corrected chi connectivity index (χ4v) is 3.80. The molecule has 0 amide bonds. The second kappa shape index (κ2) is 9.20. The topological polar surface area (TPSA) is 34.0 Å². The smallest absolute Gasteiger partial charge is 0.314 e. The zero-order valence-electron chi connectivity index (χ0n) is 15.8. The van der Waals surface area contributed by atoms with Crippen molar-refractivity contribution in [2.75, 3.05) is 4.90 Å². The van der Waals surface area contributed by atoms with Crippen molar-refractivity contribution in [1.82, 2.24) is 14.8 Å². The van der Waals surface area contributed by atoms with Crippen LogP contribution in [0, 0.1) is 12.1 Å². The number of anilines is 3. The van der Waals surface area contributed by atoms with E-state index in [1.807, 2.05) is 72.2 Å². The monoisotopic (exact) mass is 587 g/mol. The van der Waals surface area contributed by atoms with Crippen LogP contribution in [0.2, 0.25) is 0 Å². The van der Waals surface area contributed by atoms with E-state index in [0.29, 0.717) is 0 Å². The van der Waals surface area contributed by atoms with E-state index in [-0.39, 0.29) is 21.1 Å². The minimum absolute atomic E-state index is 0. The molecule has 0 saturated carbocycles. The molecule has 148 valence electrons. The van der Waals surface area contributed by atoms with Crippen molar-refractivity contribution in [2.24, 2.45) is 0 Å². The molecule has 3 aromatic heterocycles. The van der Waals surface area contributed by atoms with Crippen molar-refractivity contribution in [3.05, 3.63) is 109 Å². The molecule has 5 rings (SSSR count).